The molecule has 2 heterocycles. The largest absolute Gasteiger partial charge is 0.506 e. The van der Waals surface area contributed by atoms with Gasteiger partial charge in [0.15, 0.2) is 5.71 Å². The second-order valence-electron chi connectivity index (χ2n) is 10.6. The van der Waals surface area contributed by atoms with Crippen LogP contribution in [0.15, 0.2) is 57.8 Å². The molecule has 1 spiro atoms. The van der Waals surface area contributed by atoms with Gasteiger partial charge < -0.3 is 25.5 Å². The number of piperidine rings is 1. The van der Waals surface area contributed by atoms with Gasteiger partial charge in [-0.05, 0) is 66.2 Å². The first-order valence-electron chi connectivity index (χ1n) is 13.5. The second kappa shape index (κ2) is 12.7. The first kappa shape index (κ1) is 32.6. The fraction of sp³-hybridized carbons (Fsp3) is 0.393. The molecular formula is C28H31BrF3N7O5. The molecule has 2 aliphatic rings. The summed E-state index contributed by atoms with van der Waals surface area (Å²) in [7, 11) is 1.65. The van der Waals surface area contributed by atoms with Gasteiger partial charge in [0.25, 0.3) is 11.5 Å². The molecule has 4 rings (SSSR count). The lowest BCUT2D eigenvalue weighted by atomic mass is 9.67. The van der Waals surface area contributed by atoms with Crippen molar-refractivity contribution >= 4 is 39.1 Å². The first-order chi connectivity index (χ1) is 20.7. The van der Waals surface area contributed by atoms with E-state index < -0.39 is 52.6 Å². The van der Waals surface area contributed by atoms with Gasteiger partial charge >= 0.3 is 6.18 Å². The Balaban J connectivity index is 1.75. The number of amides is 2. The zero-order valence-corrected chi connectivity index (χ0v) is 25.3. The van der Waals surface area contributed by atoms with Crippen LogP contribution in [0.1, 0.15) is 42.5 Å². The lowest BCUT2D eigenvalue weighted by Gasteiger charge is -2.45. The van der Waals surface area contributed by atoms with E-state index in [2.05, 4.69) is 49.6 Å². The van der Waals surface area contributed by atoms with Gasteiger partial charge in [-0.1, -0.05) is 13.2 Å². The number of benzene rings is 1. The SMILES string of the molecule is C=CN=C(C(=C)O)C(=O)N1CCCC2(CCCc3[nH]n(C)c(Br)nn(CC(=O)Nc4ccc(C(F)(F)F)cc4O)c(=O)c32)C1. The summed E-state index contributed by atoms with van der Waals surface area (Å²) >= 11 is 3.29. The van der Waals surface area contributed by atoms with Crippen LogP contribution in [0.25, 0.3) is 0 Å². The minimum absolute atomic E-state index is 0.121. The Morgan fingerprint density at radius 2 is 2.00 bits per heavy atom. The first-order valence-corrected chi connectivity index (χ1v) is 14.3. The van der Waals surface area contributed by atoms with E-state index in [1.54, 1.807) is 7.05 Å². The molecule has 1 fully saturated rings. The van der Waals surface area contributed by atoms with Crippen molar-refractivity contribution in [3.8, 4) is 5.75 Å². The lowest BCUT2D eigenvalue weighted by molar-refractivity contribution is -0.137. The molecule has 1 atom stereocenters. The van der Waals surface area contributed by atoms with Crippen LogP contribution in [-0.2, 0) is 41.2 Å². The zero-order valence-electron chi connectivity index (χ0n) is 23.7. The van der Waals surface area contributed by atoms with Gasteiger partial charge in [0.1, 0.15) is 18.1 Å². The third-order valence-electron chi connectivity index (χ3n) is 7.60. The number of aryl methyl sites for hydroxylation is 2. The Bertz CT molecular complexity index is 1660. The highest BCUT2D eigenvalue weighted by atomic mass is 79.9. The Hall–Kier alpha value is -4.34. The Morgan fingerprint density at radius 1 is 1.30 bits per heavy atom. The molecule has 1 aliphatic carbocycles. The van der Waals surface area contributed by atoms with Gasteiger partial charge in [-0.25, -0.2) is 9.67 Å². The molecule has 1 aliphatic heterocycles. The summed E-state index contributed by atoms with van der Waals surface area (Å²) in [6.07, 6.45) is -0.751. The highest BCUT2D eigenvalue weighted by Gasteiger charge is 2.44. The number of aromatic hydroxyl groups is 1. The van der Waals surface area contributed by atoms with Crippen LogP contribution in [0.5, 0.6) is 5.75 Å². The van der Waals surface area contributed by atoms with E-state index in [9.17, 15) is 37.8 Å². The molecule has 16 heteroatoms. The highest BCUT2D eigenvalue weighted by Crippen LogP contribution is 2.41. The number of aliphatic hydroxyl groups is 1. The van der Waals surface area contributed by atoms with E-state index in [1.165, 1.54) is 9.58 Å². The van der Waals surface area contributed by atoms with Gasteiger partial charge in [-0.3, -0.25) is 19.1 Å². The summed E-state index contributed by atoms with van der Waals surface area (Å²) in [5.74, 6) is -2.71. The summed E-state index contributed by atoms with van der Waals surface area (Å²) in [5.41, 5.74) is -2.14. The average molecular weight is 682 g/mol. The van der Waals surface area contributed by atoms with Crippen molar-refractivity contribution in [3.05, 3.63) is 75.2 Å². The molecule has 12 nitrogen and oxygen atoms in total. The second-order valence-corrected chi connectivity index (χ2v) is 11.3. The van der Waals surface area contributed by atoms with Crippen LogP contribution in [0.4, 0.5) is 18.9 Å². The maximum atomic E-state index is 14.2. The zero-order chi connectivity index (χ0) is 32.4. The van der Waals surface area contributed by atoms with Crippen molar-refractivity contribution in [1.82, 2.24) is 24.5 Å². The van der Waals surface area contributed by atoms with Crippen molar-refractivity contribution in [2.24, 2.45) is 12.0 Å². The summed E-state index contributed by atoms with van der Waals surface area (Å²) in [5, 5.41) is 29.8. The topological polar surface area (TPSA) is 158 Å². The van der Waals surface area contributed by atoms with Crippen molar-refractivity contribution in [1.29, 1.82) is 0 Å². The fourth-order valence-electron chi connectivity index (χ4n) is 5.69. The number of aromatic nitrogens is 4. The Kier molecular flexibility index (Phi) is 9.41. The van der Waals surface area contributed by atoms with Crippen molar-refractivity contribution in [3.63, 3.8) is 0 Å². The number of aliphatic imine (C=N–C) groups is 1. The van der Waals surface area contributed by atoms with Crippen molar-refractivity contribution in [2.45, 2.75) is 50.2 Å². The van der Waals surface area contributed by atoms with Gasteiger partial charge in [0.2, 0.25) is 10.6 Å². The third kappa shape index (κ3) is 6.74. The van der Waals surface area contributed by atoms with E-state index in [0.717, 1.165) is 16.9 Å². The summed E-state index contributed by atoms with van der Waals surface area (Å²) in [6.45, 7) is 6.72. The molecule has 44 heavy (non-hydrogen) atoms. The number of likely N-dealkylation sites (tertiary alicyclic amines) is 1. The number of aliphatic hydroxyl groups excluding tert-OH is 1. The summed E-state index contributed by atoms with van der Waals surface area (Å²) in [4.78, 5) is 46.0. The number of carbonyl (C=O) groups excluding carboxylic acids is 2. The predicted octanol–water partition coefficient (Wildman–Crippen LogP) is 4.01. The number of alkyl halides is 3. The molecule has 236 valence electrons. The van der Waals surface area contributed by atoms with Crippen LogP contribution in [0.2, 0.25) is 0 Å². The minimum Gasteiger partial charge on any atom is -0.506 e. The Morgan fingerprint density at radius 3 is 2.64 bits per heavy atom. The predicted molar refractivity (Wildman–Crippen MR) is 159 cm³/mol. The van der Waals surface area contributed by atoms with E-state index in [-0.39, 0.29) is 22.7 Å². The maximum Gasteiger partial charge on any atom is 0.416 e. The number of fused-ring (bicyclic) bond motifs is 2. The molecule has 0 bridgehead atoms. The van der Waals surface area contributed by atoms with Crippen molar-refractivity contribution < 1.29 is 33.0 Å². The molecule has 0 saturated carbocycles. The number of rotatable bonds is 6. The number of hydrogen-bond donors (Lipinski definition) is 4. The molecule has 1 aromatic heterocycles. The number of anilines is 1. The number of carbonyl (C=O) groups is 2. The number of halogens is 4. The third-order valence-corrected chi connectivity index (χ3v) is 8.29. The molecule has 1 unspecified atom stereocenters. The normalized spacial score (nSPS) is 18.4. The molecule has 2 aromatic rings. The quantitative estimate of drug-likeness (QED) is 0.205. The van der Waals surface area contributed by atoms with Crippen LogP contribution < -0.4 is 10.9 Å². The van der Waals surface area contributed by atoms with Crippen LogP contribution >= 0.6 is 15.9 Å². The van der Waals surface area contributed by atoms with Gasteiger partial charge in [0.05, 0.1) is 11.3 Å². The van der Waals surface area contributed by atoms with Gasteiger partial charge in [-0.15, -0.1) is 5.10 Å². The number of H-pyrrole nitrogens is 1. The smallest absolute Gasteiger partial charge is 0.416 e. The number of hydrogen-bond acceptors (Lipinski definition) is 7. The van der Waals surface area contributed by atoms with Gasteiger partial charge in [-0.2, -0.15) is 13.2 Å². The van der Waals surface area contributed by atoms with Gasteiger partial charge in [0, 0.05) is 43.0 Å². The van der Waals surface area contributed by atoms with Crippen LogP contribution in [0.3, 0.4) is 0 Å². The fourth-order valence-corrected chi connectivity index (χ4v) is 5.97. The molecule has 4 N–H and O–H groups in total. The van der Waals surface area contributed by atoms with E-state index in [1.807, 2.05) is 0 Å². The number of aromatic amines is 1. The van der Waals surface area contributed by atoms with E-state index in [0.29, 0.717) is 62.0 Å². The highest BCUT2D eigenvalue weighted by molar-refractivity contribution is 9.10. The standard InChI is InChI=1S/C28H31BrF3N7O5/c1-4-33-23(16(2)40)25(44)38-12-6-11-27(15-38)10-5-7-19-22(27)24(43)39(36-26(29)37(3)35-19)14-21(42)34-18-9-8-17(13-20(18)41)28(30,31)32/h4,8-9,13,35,40-41H,1-2,5-7,10-12,14-15H2,3H3,(H,34,42). The molecular weight excluding hydrogens is 651 g/mol. The summed E-state index contributed by atoms with van der Waals surface area (Å²) in [6, 6.07) is 2.11. The molecule has 1 saturated heterocycles. The molecule has 2 amide bonds. The van der Waals surface area contributed by atoms with E-state index >= 15 is 0 Å². The minimum atomic E-state index is -4.69. The monoisotopic (exact) mass is 681 g/mol. The van der Waals surface area contributed by atoms with Crippen molar-refractivity contribution in [2.75, 3.05) is 18.4 Å². The summed E-state index contributed by atoms with van der Waals surface area (Å²) < 4.78 is 41.6. The maximum absolute atomic E-state index is 14.2. The average Bonchev–Trinajstić information content (AvgIpc) is 2.95. The van der Waals surface area contributed by atoms with E-state index in [4.69, 9.17) is 0 Å². The molecule has 0 radical (unpaired) electrons. The van der Waals surface area contributed by atoms with Crippen LogP contribution in [-0.4, -0.2) is 65.3 Å². The number of phenolic OH excluding ortho intramolecular Hbond substituents is 1. The Labute approximate surface area is 258 Å². The number of phenols is 1. The lowest BCUT2D eigenvalue weighted by Crippen LogP contribution is -2.54. The number of nitrogens with one attached hydrogen (secondary N) is 2. The molecule has 1 aromatic carbocycles. The van der Waals surface area contributed by atoms with Crippen LogP contribution in [0, 0.1) is 0 Å². The number of nitrogens with zero attached hydrogens (tertiary/aromatic N) is 5.